The van der Waals surface area contributed by atoms with Gasteiger partial charge in [-0.15, -0.1) is 0 Å². The van der Waals surface area contributed by atoms with Gasteiger partial charge in [0.1, 0.15) is 0 Å². The number of benzene rings is 7. The van der Waals surface area contributed by atoms with Crippen molar-refractivity contribution >= 4 is 21.8 Å². The first-order valence-corrected chi connectivity index (χ1v) is 16.6. The first-order chi connectivity index (χ1) is 24.3. The van der Waals surface area contributed by atoms with Crippen molar-refractivity contribution in [3.63, 3.8) is 0 Å². The number of para-hydroxylation sites is 3. The molecule has 9 rings (SSSR count). The molecular formula is C46H31N3. The van der Waals surface area contributed by atoms with E-state index in [4.69, 9.17) is 9.97 Å². The summed E-state index contributed by atoms with van der Waals surface area (Å²) in [6.07, 6.45) is 0. The van der Waals surface area contributed by atoms with Gasteiger partial charge in [-0.1, -0.05) is 170 Å². The van der Waals surface area contributed by atoms with E-state index in [1.165, 1.54) is 21.8 Å². The molecule has 3 nitrogen and oxygen atoms in total. The van der Waals surface area contributed by atoms with Crippen molar-refractivity contribution in [1.29, 1.82) is 0 Å². The maximum absolute atomic E-state index is 5.24. The van der Waals surface area contributed by atoms with Crippen LogP contribution in [0.2, 0.25) is 0 Å². The van der Waals surface area contributed by atoms with Crippen LogP contribution < -0.4 is 0 Å². The Kier molecular flexibility index (Phi) is 7.14. The lowest BCUT2D eigenvalue weighted by Gasteiger charge is -2.20. The van der Waals surface area contributed by atoms with Crippen LogP contribution in [0, 0.1) is 0 Å². The molecule has 2 heterocycles. The molecule has 0 aliphatic rings. The van der Waals surface area contributed by atoms with Crippen molar-refractivity contribution < 1.29 is 0 Å². The molecule has 0 bridgehead atoms. The van der Waals surface area contributed by atoms with E-state index in [0.29, 0.717) is 5.82 Å². The minimum absolute atomic E-state index is 0.689. The number of hydrogen-bond acceptors (Lipinski definition) is 2. The molecule has 7 aromatic carbocycles. The predicted molar refractivity (Wildman–Crippen MR) is 204 cm³/mol. The fraction of sp³-hybridized carbons (Fsp3) is 0. The normalized spacial score (nSPS) is 11.3. The van der Waals surface area contributed by atoms with Gasteiger partial charge in [-0.25, -0.2) is 9.97 Å². The molecular weight excluding hydrogens is 595 g/mol. The predicted octanol–water partition coefficient (Wildman–Crippen LogP) is 11.9. The minimum atomic E-state index is 0.689. The highest BCUT2D eigenvalue weighted by Gasteiger charge is 2.22. The highest BCUT2D eigenvalue weighted by molar-refractivity contribution is 6.10. The Bertz CT molecular complexity index is 2480. The van der Waals surface area contributed by atoms with Crippen LogP contribution >= 0.6 is 0 Å². The summed E-state index contributed by atoms with van der Waals surface area (Å²) in [5, 5.41) is 2.46. The van der Waals surface area contributed by atoms with Crippen LogP contribution in [-0.2, 0) is 0 Å². The Balaban J connectivity index is 1.35. The molecule has 0 aliphatic heterocycles. The zero-order valence-corrected chi connectivity index (χ0v) is 26.7. The number of hydrogen-bond donors (Lipinski definition) is 0. The summed E-state index contributed by atoms with van der Waals surface area (Å²) in [5.74, 6) is 0.689. The second kappa shape index (κ2) is 12.2. The molecule has 0 atom stereocenters. The van der Waals surface area contributed by atoms with Crippen LogP contribution in [0.3, 0.4) is 0 Å². The molecule has 0 N–H and O–H groups in total. The molecule has 0 amide bonds. The van der Waals surface area contributed by atoms with Gasteiger partial charge in [0, 0.05) is 38.6 Å². The van der Waals surface area contributed by atoms with Crippen molar-refractivity contribution in [3.8, 4) is 61.8 Å². The second-order valence-electron chi connectivity index (χ2n) is 12.2. The molecule has 0 fully saturated rings. The Morgan fingerprint density at radius 3 is 1.33 bits per heavy atom. The van der Waals surface area contributed by atoms with Gasteiger partial charge in [-0.3, -0.25) is 0 Å². The van der Waals surface area contributed by atoms with Gasteiger partial charge in [0.15, 0.2) is 5.82 Å². The van der Waals surface area contributed by atoms with E-state index in [-0.39, 0.29) is 0 Å². The fourth-order valence-corrected chi connectivity index (χ4v) is 7.01. The summed E-state index contributed by atoms with van der Waals surface area (Å²) in [7, 11) is 0. The summed E-state index contributed by atoms with van der Waals surface area (Å²) < 4.78 is 2.44. The van der Waals surface area contributed by atoms with Crippen LogP contribution in [0.4, 0.5) is 0 Å². The van der Waals surface area contributed by atoms with Crippen LogP contribution in [0.5, 0.6) is 0 Å². The topological polar surface area (TPSA) is 30.7 Å². The average Bonchev–Trinajstić information content (AvgIpc) is 3.52. The van der Waals surface area contributed by atoms with Crippen LogP contribution in [0.25, 0.3) is 83.6 Å². The van der Waals surface area contributed by atoms with Crippen molar-refractivity contribution in [2.75, 3.05) is 0 Å². The summed E-state index contributed by atoms with van der Waals surface area (Å²) in [4.78, 5) is 10.5. The minimum Gasteiger partial charge on any atom is -0.308 e. The van der Waals surface area contributed by atoms with Gasteiger partial charge in [-0.05, 0) is 29.3 Å². The third kappa shape index (κ3) is 5.09. The van der Waals surface area contributed by atoms with Crippen LogP contribution in [-0.4, -0.2) is 14.5 Å². The summed E-state index contributed by atoms with van der Waals surface area (Å²) in [5.41, 5.74) is 12.8. The van der Waals surface area contributed by atoms with Crippen molar-refractivity contribution in [3.05, 3.63) is 188 Å². The molecule has 0 saturated carbocycles. The standard InChI is InChI=1S/C46H31N3/c1-4-17-32(18-5-1)35-27-16-28-39(45(35)49-43-29-14-12-24-37(43)38-25-13-15-30-44(38)49)36-23-10-11-26-40(36)46-47-41(33-19-6-2-7-20-33)31-42(48-46)34-21-8-3-9-22-34/h1-31H. The summed E-state index contributed by atoms with van der Waals surface area (Å²) in [6.45, 7) is 0. The lowest BCUT2D eigenvalue weighted by Crippen LogP contribution is -2.02. The summed E-state index contributed by atoms with van der Waals surface area (Å²) in [6, 6.07) is 66.1. The second-order valence-corrected chi connectivity index (χ2v) is 12.2. The molecule has 9 aromatic rings. The van der Waals surface area contributed by atoms with Gasteiger partial charge >= 0.3 is 0 Å². The fourth-order valence-electron chi connectivity index (χ4n) is 7.01. The maximum Gasteiger partial charge on any atom is 0.161 e. The van der Waals surface area contributed by atoms with Crippen molar-refractivity contribution in [2.24, 2.45) is 0 Å². The molecule has 3 heteroatoms. The molecule has 2 aromatic heterocycles. The van der Waals surface area contributed by atoms with Crippen LogP contribution in [0.1, 0.15) is 0 Å². The lowest BCUT2D eigenvalue weighted by molar-refractivity contribution is 1.17. The zero-order valence-electron chi connectivity index (χ0n) is 26.7. The van der Waals surface area contributed by atoms with Gasteiger partial charge in [0.2, 0.25) is 0 Å². The molecule has 230 valence electrons. The van der Waals surface area contributed by atoms with Crippen LogP contribution in [0.15, 0.2) is 188 Å². The first-order valence-electron chi connectivity index (χ1n) is 16.6. The van der Waals surface area contributed by atoms with E-state index in [1.54, 1.807) is 0 Å². The monoisotopic (exact) mass is 625 g/mol. The van der Waals surface area contributed by atoms with Gasteiger partial charge < -0.3 is 4.57 Å². The highest BCUT2D eigenvalue weighted by atomic mass is 15.0. The van der Waals surface area contributed by atoms with E-state index in [2.05, 4.69) is 180 Å². The largest absolute Gasteiger partial charge is 0.308 e. The first kappa shape index (κ1) is 28.6. The number of nitrogens with zero attached hydrogens (tertiary/aromatic N) is 3. The average molecular weight is 626 g/mol. The van der Waals surface area contributed by atoms with Gasteiger partial charge in [0.25, 0.3) is 0 Å². The SMILES string of the molecule is c1ccc(-c2cc(-c3ccccc3)nc(-c3ccccc3-c3cccc(-c4ccccc4)c3-n3c4ccccc4c4ccccc43)n2)cc1. The number of fused-ring (bicyclic) bond motifs is 3. The zero-order chi connectivity index (χ0) is 32.6. The highest BCUT2D eigenvalue weighted by Crippen LogP contribution is 2.43. The molecule has 0 saturated heterocycles. The molecule has 0 spiro atoms. The van der Waals surface area contributed by atoms with Crippen molar-refractivity contribution in [2.45, 2.75) is 0 Å². The van der Waals surface area contributed by atoms with E-state index in [1.807, 2.05) is 12.1 Å². The maximum atomic E-state index is 5.24. The quantitative estimate of drug-likeness (QED) is 0.184. The molecule has 49 heavy (non-hydrogen) atoms. The summed E-state index contributed by atoms with van der Waals surface area (Å²) >= 11 is 0. The smallest absolute Gasteiger partial charge is 0.161 e. The Labute approximate surface area is 285 Å². The molecule has 0 unspecified atom stereocenters. The molecule has 0 aliphatic carbocycles. The van der Waals surface area contributed by atoms with Crippen molar-refractivity contribution in [1.82, 2.24) is 14.5 Å². The van der Waals surface area contributed by atoms with E-state index >= 15 is 0 Å². The number of aromatic nitrogens is 3. The molecule has 0 radical (unpaired) electrons. The lowest BCUT2D eigenvalue weighted by atomic mass is 9.92. The van der Waals surface area contributed by atoms with Gasteiger partial charge in [-0.2, -0.15) is 0 Å². The Hall–Kier alpha value is -6.58. The van der Waals surface area contributed by atoms with E-state index in [0.717, 1.165) is 56.0 Å². The van der Waals surface area contributed by atoms with Gasteiger partial charge in [0.05, 0.1) is 28.1 Å². The third-order valence-corrected chi connectivity index (χ3v) is 9.25. The number of rotatable bonds is 6. The Morgan fingerprint density at radius 2 is 0.755 bits per heavy atom. The van der Waals surface area contributed by atoms with E-state index < -0.39 is 0 Å². The third-order valence-electron chi connectivity index (χ3n) is 9.25. The van der Waals surface area contributed by atoms with E-state index in [9.17, 15) is 0 Å². The Morgan fingerprint density at radius 1 is 0.327 bits per heavy atom.